The molecule has 1 N–H and O–H groups in total. The molecule has 28 heavy (non-hydrogen) atoms. The first-order valence-electron chi connectivity index (χ1n) is 9.25. The highest BCUT2D eigenvalue weighted by Crippen LogP contribution is 2.30. The van der Waals surface area contributed by atoms with Gasteiger partial charge < -0.3 is 15.1 Å². The van der Waals surface area contributed by atoms with Crippen molar-refractivity contribution in [1.29, 1.82) is 0 Å². The molecule has 1 saturated carbocycles. The first-order chi connectivity index (χ1) is 13.3. The number of rotatable bonds is 5. The molecule has 9 heteroatoms. The molecular weight excluding hydrogens is 375 g/mol. The zero-order chi connectivity index (χ0) is 20.4. The number of hydrogen-bond donors (Lipinski definition) is 1. The van der Waals surface area contributed by atoms with Crippen LogP contribution in [0.4, 0.5) is 18.9 Å². The summed E-state index contributed by atoms with van der Waals surface area (Å²) in [7, 11) is 1.41. The quantitative estimate of drug-likeness (QED) is 0.776. The molecule has 1 aromatic carbocycles. The van der Waals surface area contributed by atoms with Crippen molar-refractivity contribution in [2.45, 2.75) is 38.1 Å². The predicted molar refractivity (Wildman–Crippen MR) is 94.7 cm³/mol. The highest BCUT2D eigenvalue weighted by atomic mass is 19.2. The van der Waals surface area contributed by atoms with Gasteiger partial charge in [0, 0.05) is 26.1 Å². The van der Waals surface area contributed by atoms with Crippen LogP contribution in [0.1, 0.15) is 32.1 Å². The topological polar surface area (TPSA) is 69.7 Å². The van der Waals surface area contributed by atoms with E-state index in [9.17, 15) is 27.6 Å². The summed E-state index contributed by atoms with van der Waals surface area (Å²) in [6.45, 7) is -0.0581. The average Bonchev–Trinajstić information content (AvgIpc) is 3.31. The molecule has 1 aliphatic carbocycles. The monoisotopic (exact) mass is 397 g/mol. The van der Waals surface area contributed by atoms with E-state index in [4.69, 9.17) is 0 Å². The fraction of sp³-hybridized carbons (Fsp3) is 0.526. The number of anilines is 1. The first-order valence-corrected chi connectivity index (χ1v) is 9.25. The lowest BCUT2D eigenvalue weighted by Crippen LogP contribution is -2.40. The molecule has 2 aliphatic rings. The van der Waals surface area contributed by atoms with Crippen molar-refractivity contribution >= 4 is 23.4 Å². The van der Waals surface area contributed by atoms with Gasteiger partial charge in [0.05, 0.1) is 18.2 Å². The first kappa shape index (κ1) is 20.2. The number of hydrogen-bond acceptors (Lipinski definition) is 3. The Bertz CT molecular complexity index is 796. The molecular formula is C19H22F3N3O3. The number of amides is 3. The minimum Gasteiger partial charge on any atom is -0.339 e. The number of likely N-dealkylation sites (N-methyl/N-ethyl adjacent to an activating group) is 1. The highest BCUT2D eigenvalue weighted by molar-refractivity contribution is 5.96. The van der Waals surface area contributed by atoms with Gasteiger partial charge in [0.1, 0.15) is 0 Å². The third kappa shape index (κ3) is 4.13. The van der Waals surface area contributed by atoms with Crippen LogP contribution in [0.25, 0.3) is 0 Å². The van der Waals surface area contributed by atoms with Crippen LogP contribution in [0.2, 0.25) is 0 Å². The van der Waals surface area contributed by atoms with Crippen LogP contribution in [0.5, 0.6) is 0 Å². The number of nitrogens with zero attached hydrogens (tertiary/aromatic N) is 2. The van der Waals surface area contributed by atoms with E-state index in [1.165, 1.54) is 7.05 Å². The zero-order valence-electron chi connectivity index (χ0n) is 15.5. The lowest BCUT2D eigenvalue weighted by Gasteiger charge is -2.25. The van der Waals surface area contributed by atoms with Crippen LogP contribution in [0.3, 0.4) is 0 Å². The number of likely N-dealkylation sites (tertiary alicyclic amines) is 1. The summed E-state index contributed by atoms with van der Waals surface area (Å²) >= 11 is 0. The Morgan fingerprint density at radius 3 is 2.54 bits per heavy atom. The van der Waals surface area contributed by atoms with Crippen molar-refractivity contribution in [3.8, 4) is 0 Å². The molecule has 1 aliphatic heterocycles. The maximum Gasteiger partial charge on any atom is 0.244 e. The third-order valence-electron chi connectivity index (χ3n) is 5.34. The summed E-state index contributed by atoms with van der Waals surface area (Å²) in [5.41, 5.74) is -0.506. The van der Waals surface area contributed by atoms with Crippen molar-refractivity contribution in [2.24, 2.45) is 5.92 Å². The average molecular weight is 397 g/mol. The van der Waals surface area contributed by atoms with E-state index in [0.717, 1.165) is 36.6 Å². The Hall–Kier alpha value is -2.58. The second-order valence-corrected chi connectivity index (χ2v) is 7.35. The molecule has 0 aromatic heterocycles. The maximum absolute atomic E-state index is 13.6. The van der Waals surface area contributed by atoms with Gasteiger partial charge in [-0.05, 0) is 25.0 Å². The highest BCUT2D eigenvalue weighted by Gasteiger charge is 2.39. The van der Waals surface area contributed by atoms with Gasteiger partial charge in [0.15, 0.2) is 17.5 Å². The minimum absolute atomic E-state index is 0.0491. The Morgan fingerprint density at radius 1 is 1.18 bits per heavy atom. The second kappa shape index (κ2) is 8.20. The molecule has 0 bridgehead atoms. The van der Waals surface area contributed by atoms with E-state index < -0.39 is 41.5 Å². The molecule has 1 atom stereocenters. The Morgan fingerprint density at radius 2 is 1.86 bits per heavy atom. The van der Waals surface area contributed by atoms with Crippen LogP contribution in [0.15, 0.2) is 12.1 Å². The zero-order valence-corrected chi connectivity index (χ0v) is 15.5. The molecule has 1 unspecified atom stereocenters. The summed E-state index contributed by atoms with van der Waals surface area (Å²) in [4.78, 5) is 39.8. The number of carbonyl (C=O) groups excluding carboxylic acids is 3. The van der Waals surface area contributed by atoms with Gasteiger partial charge in [-0.15, -0.1) is 0 Å². The number of halogens is 3. The molecule has 3 amide bonds. The Balaban J connectivity index is 1.56. The molecule has 1 saturated heterocycles. The van der Waals surface area contributed by atoms with E-state index >= 15 is 0 Å². The van der Waals surface area contributed by atoms with E-state index in [-0.39, 0.29) is 24.3 Å². The fourth-order valence-electron chi connectivity index (χ4n) is 3.88. The van der Waals surface area contributed by atoms with Crippen molar-refractivity contribution < 1.29 is 27.6 Å². The van der Waals surface area contributed by atoms with Crippen molar-refractivity contribution in [3.05, 3.63) is 29.6 Å². The van der Waals surface area contributed by atoms with Gasteiger partial charge in [-0.25, -0.2) is 13.2 Å². The fourth-order valence-corrected chi connectivity index (χ4v) is 3.88. The summed E-state index contributed by atoms with van der Waals surface area (Å²) < 4.78 is 39.8. The summed E-state index contributed by atoms with van der Waals surface area (Å²) in [5, 5.41) is 2.13. The second-order valence-electron chi connectivity index (χ2n) is 7.35. The smallest absolute Gasteiger partial charge is 0.244 e. The molecule has 3 rings (SSSR count). The van der Waals surface area contributed by atoms with Crippen LogP contribution < -0.4 is 5.32 Å². The molecule has 1 aromatic rings. The minimum atomic E-state index is -1.68. The van der Waals surface area contributed by atoms with Crippen LogP contribution >= 0.6 is 0 Å². The largest absolute Gasteiger partial charge is 0.339 e. The van der Waals surface area contributed by atoms with Gasteiger partial charge in [-0.2, -0.15) is 0 Å². The molecule has 6 nitrogen and oxygen atoms in total. The van der Waals surface area contributed by atoms with E-state index in [1.807, 2.05) is 0 Å². The van der Waals surface area contributed by atoms with Crippen molar-refractivity contribution in [1.82, 2.24) is 9.80 Å². The Labute approximate surface area is 160 Å². The van der Waals surface area contributed by atoms with Gasteiger partial charge in [0.2, 0.25) is 17.7 Å². The summed E-state index contributed by atoms with van der Waals surface area (Å²) in [5.74, 6) is -6.22. The number of nitrogens with one attached hydrogen (secondary N) is 1. The summed E-state index contributed by atoms with van der Waals surface area (Å²) in [6, 6.07) is 1.79. The normalized spacial score (nSPS) is 19.9. The van der Waals surface area contributed by atoms with E-state index in [2.05, 4.69) is 5.32 Å². The molecule has 0 radical (unpaired) electrons. The van der Waals surface area contributed by atoms with E-state index in [0.29, 0.717) is 12.6 Å². The lowest BCUT2D eigenvalue weighted by atomic mass is 10.1. The molecule has 0 spiro atoms. The molecule has 152 valence electrons. The van der Waals surface area contributed by atoms with Gasteiger partial charge >= 0.3 is 0 Å². The SMILES string of the molecule is CN(CC(=O)Nc1ccc(F)c(F)c1F)C(=O)C1CC(=O)N(C2CCCC2)C1. The predicted octanol–water partition coefficient (Wildman–Crippen LogP) is 2.29. The van der Waals surface area contributed by atoms with Crippen LogP contribution in [-0.4, -0.2) is 53.7 Å². The number of benzene rings is 1. The van der Waals surface area contributed by atoms with Gasteiger partial charge in [-0.1, -0.05) is 12.8 Å². The molecule has 2 fully saturated rings. The summed E-state index contributed by atoms with van der Waals surface area (Å²) in [6.07, 6.45) is 4.16. The van der Waals surface area contributed by atoms with Crippen molar-refractivity contribution in [3.63, 3.8) is 0 Å². The van der Waals surface area contributed by atoms with Gasteiger partial charge in [-0.3, -0.25) is 14.4 Å². The van der Waals surface area contributed by atoms with Gasteiger partial charge in [0.25, 0.3) is 0 Å². The maximum atomic E-state index is 13.6. The third-order valence-corrected chi connectivity index (χ3v) is 5.34. The van der Waals surface area contributed by atoms with Crippen LogP contribution in [-0.2, 0) is 14.4 Å². The number of carbonyl (C=O) groups is 3. The van der Waals surface area contributed by atoms with Crippen LogP contribution in [0, 0.1) is 23.4 Å². The van der Waals surface area contributed by atoms with Crippen molar-refractivity contribution in [2.75, 3.05) is 25.5 Å². The standard InChI is InChI=1S/C19H22F3N3O3/c1-24(10-15(26)23-14-7-6-13(20)17(21)18(14)22)19(28)11-8-16(27)25(9-11)12-4-2-3-5-12/h6-7,11-12H,2-5,8-10H2,1H3,(H,23,26). The van der Waals surface area contributed by atoms with E-state index in [1.54, 1.807) is 4.90 Å². The Kier molecular flexibility index (Phi) is 5.90. The lowest BCUT2D eigenvalue weighted by molar-refractivity contribution is -0.137. The molecule has 1 heterocycles.